The molecule has 0 atom stereocenters. The summed E-state index contributed by atoms with van der Waals surface area (Å²) in [5.41, 5.74) is 0. The Kier molecular flexibility index (Phi) is 3.03. The lowest BCUT2D eigenvalue weighted by molar-refractivity contribution is 0.0312. The van der Waals surface area contributed by atoms with Gasteiger partial charge in [0.05, 0.1) is 30.5 Å². The number of rotatable bonds is 2. The molecule has 0 radical (unpaired) electrons. The van der Waals surface area contributed by atoms with E-state index in [0.29, 0.717) is 0 Å². The maximum absolute atomic E-state index is 5.34. The van der Waals surface area contributed by atoms with Crippen molar-refractivity contribution in [2.45, 2.75) is 6.54 Å². The summed E-state index contributed by atoms with van der Waals surface area (Å²) in [5.74, 6) is 1.00. The third kappa shape index (κ3) is 2.33. The molecular formula is C9H12BrNO2. The maximum atomic E-state index is 5.34. The third-order valence-electron chi connectivity index (χ3n) is 2.16. The van der Waals surface area contributed by atoms with E-state index in [1.165, 1.54) is 0 Å². The second-order valence-electron chi connectivity index (χ2n) is 3.08. The Bertz CT molecular complexity index is 268. The molecule has 0 bridgehead atoms. The smallest absolute Gasteiger partial charge is 0.131 e. The van der Waals surface area contributed by atoms with Crippen LogP contribution >= 0.6 is 15.9 Å². The molecule has 0 aliphatic carbocycles. The lowest BCUT2D eigenvalue weighted by Gasteiger charge is -2.25. The molecule has 0 aromatic carbocycles. The van der Waals surface area contributed by atoms with Crippen LogP contribution < -0.4 is 0 Å². The zero-order valence-corrected chi connectivity index (χ0v) is 8.92. The van der Waals surface area contributed by atoms with E-state index in [-0.39, 0.29) is 0 Å². The molecule has 0 amide bonds. The molecule has 1 aromatic heterocycles. The molecule has 1 aliphatic heterocycles. The van der Waals surface area contributed by atoms with Crippen molar-refractivity contribution in [2.24, 2.45) is 0 Å². The zero-order valence-electron chi connectivity index (χ0n) is 7.33. The van der Waals surface area contributed by atoms with E-state index in [1.807, 2.05) is 6.07 Å². The largest absolute Gasteiger partial charge is 0.467 e. The number of ether oxygens (including phenoxy) is 1. The molecule has 0 N–H and O–H groups in total. The topological polar surface area (TPSA) is 25.6 Å². The molecule has 2 heterocycles. The van der Waals surface area contributed by atoms with Gasteiger partial charge in [-0.15, -0.1) is 0 Å². The minimum absolute atomic E-state index is 0.832. The van der Waals surface area contributed by atoms with Gasteiger partial charge in [-0.3, -0.25) is 4.90 Å². The summed E-state index contributed by atoms with van der Waals surface area (Å²) < 4.78 is 11.7. The molecule has 1 saturated heterocycles. The molecule has 1 aliphatic rings. The summed E-state index contributed by atoms with van der Waals surface area (Å²) >= 11 is 3.44. The molecule has 13 heavy (non-hydrogen) atoms. The van der Waals surface area contributed by atoms with E-state index < -0.39 is 0 Å². The van der Waals surface area contributed by atoms with Crippen LogP contribution in [0.2, 0.25) is 0 Å². The first-order valence-corrected chi connectivity index (χ1v) is 5.17. The van der Waals surface area contributed by atoms with Crippen molar-refractivity contribution in [3.8, 4) is 0 Å². The Morgan fingerprint density at radius 2 is 2.15 bits per heavy atom. The van der Waals surface area contributed by atoms with Gasteiger partial charge in [0.2, 0.25) is 0 Å². The minimum atomic E-state index is 0.832. The molecule has 72 valence electrons. The molecule has 1 fully saturated rings. The SMILES string of the molecule is Brc1ccoc1CN1CCOCC1. The van der Waals surface area contributed by atoms with Gasteiger partial charge in [-0.25, -0.2) is 0 Å². The van der Waals surface area contributed by atoms with E-state index in [0.717, 1.165) is 43.1 Å². The normalized spacial score (nSPS) is 19.2. The maximum Gasteiger partial charge on any atom is 0.131 e. The van der Waals surface area contributed by atoms with Gasteiger partial charge in [0.25, 0.3) is 0 Å². The van der Waals surface area contributed by atoms with Crippen LogP contribution in [-0.4, -0.2) is 31.2 Å². The average Bonchev–Trinajstić information content (AvgIpc) is 2.54. The van der Waals surface area contributed by atoms with Gasteiger partial charge in [-0.1, -0.05) is 0 Å². The lowest BCUT2D eigenvalue weighted by Crippen LogP contribution is -2.35. The number of hydrogen-bond donors (Lipinski definition) is 0. The Balaban J connectivity index is 1.93. The molecule has 0 saturated carbocycles. The van der Waals surface area contributed by atoms with Gasteiger partial charge < -0.3 is 9.15 Å². The second kappa shape index (κ2) is 4.26. The zero-order chi connectivity index (χ0) is 9.10. The summed E-state index contributed by atoms with van der Waals surface area (Å²) in [6.45, 7) is 4.52. The van der Waals surface area contributed by atoms with E-state index >= 15 is 0 Å². The fourth-order valence-corrected chi connectivity index (χ4v) is 1.73. The highest BCUT2D eigenvalue weighted by molar-refractivity contribution is 9.10. The monoisotopic (exact) mass is 245 g/mol. The van der Waals surface area contributed by atoms with Gasteiger partial charge in [-0.05, 0) is 22.0 Å². The highest BCUT2D eigenvalue weighted by atomic mass is 79.9. The van der Waals surface area contributed by atoms with Gasteiger partial charge >= 0.3 is 0 Å². The molecule has 2 rings (SSSR count). The lowest BCUT2D eigenvalue weighted by atomic mass is 10.3. The number of furan rings is 1. The highest BCUT2D eigenvalue weighted by Crippen LogP contribution is 2.19. The quantitative estimate of drug-likeness (QED) is 0.796. The Morgan fingerprint density at radius 1 is 1.38 bits per heavy atom. The molecule has 3 nitrogen and oxygen atoms in total. The standard InChI is InChI=1S/C9H12BrNO2/c10-8-1-4-13-9(8)7-11-2-5-12-6-3-11/h1,4H,2-3,5-7H2. The summed E-state index contributed by atoms with van der Waals surface area (Å²) in [4.78, 5) is 2.33. The number of morpholine rings is 1. The Morgan fingerprint density at radius 3 is 2.77 bits per heavy atom. The van der Waals surface area contributed by atoms with Crippen LogP contribution in [0, 0.1) is 0 Å². The number of halogens is 1. The molecule has 1 aromatic rings. The summed E-state index contributed by atoms with van der Waals surface area (Å²) in [5, 5.41) is 0. The van der Waals surface area contributed by atoms with E-state index in [9.17, 15) is 0 Å². The van der Waals surface area contributed by atoms with Crippen LogP contribution in [0.4, 0.5) is 0 Å². The van der Waals surface area contributed by atoms with Crippen molar-refractivity contribution in [2.75, 3.05) is 26.3 Å². The summed E-state index contributed by atoms with van der Waals surface area (Å²) in [6.07, 6.45) is 1.71. The van der Waals surface area contributed by atoms with Gasteiger partial charge in [0.15, 0.2) is 0 Å². The Labute approximate surface area is 85.8 Å². The minimum Gasteiger partial charge on any atom is -0.467 e. The van der Waals surface area contributed by atoms with Gasteiger partial charge in [0.1, 0.15) is 5.76 Å². The van der Waals surface area contributed by atoms with Crippen LogP contribution in [0.1, 0.15) is 5.76 Å². The molecule has 0 spiro atoms. The summed E-state index contributed by atoms with van der Waals surface area (Å²) in [6, 6.07) is 1.93. The van der Waals surface area contributed by atoms with Crippen LogP contribution in [0.3, 0.4) is 0 Å². The summed E-state index contributed by atoms with van der Waals surface area (Å²) in [7, 11) is 0. The molecule has 0 unspecified atom stereocenters. The first-order chi connectivity index (χ1) is 6.36. The van der Waals surface area contributed by atoms with Crippen molar-refractivity contribution in [3.63, 3.8) is 0 Å². The van der Waals surface area contributed by atoms with Crippen molar-refractivity contribution in [3.05, 3.63) is 22.6 Å². The van der Waals surface area contributed by atoms with E-state index in [1.54, 1.807) is 6.26 Å². The predicted octanol–water partition coefficient (Wildman–Crippen LogP) is 1.87. The van der Waals surface area contributed by atoms with Crippen LogP contribution in [0.5, 0.6) is 0 Å². The first kappa shape index (κ1) is 9.24. The van der Waals surface area contributed by atoms with Crippen molar-refractivity contribution < 1.29 is 9.15 Å². The van der Waals surface area contributed by atoms with Crippen LogP contribution in [-0.2, 0) is 11.3 Å². The third-order valence-corrected chi connectivity index (χ3v) is 2.87. The highest BCUT2D eigenvalue weighted by Gasteiger charge is 2.13. The molecule has 4 heteroatoms. The second-order valence-corrected chi connectivity index (χ2v) is 3.93. The van der Waals surface area contributed by atoms with Crippen LogP contribution in [0.25, 0.3) is 0 Å². The average molecular weight is 246 g/mol. The van der Waals surface area contributed by atoms with Gasteiger partial charge in [-0.2, -0.15) is 0 Å². The predicted molar refractivity (Wildman–Crippen MR) is 52.5 cm³/mol. The number of nitrogens with zero attached hydrogens (tertiary/aromatic N) is 1. The van der Waals surface area contributed by atoms with E-state index in [4.69, 9.17) is 9.15 Å². The molecular weight excluding hydrogens is 234 g/mol. The van der Waals surface area contributed by atoms with Crippen molar-refractivity contribution >= 4 is 15.9 Å². The van der Waals surface area contributed by atoms with Crippen LogP contribution in [0.15, 0.2) is 21.2 Å². The fourth-order valence-electron chi connectivity index (χ4n) is 1.40. The number of hydrogen-bond acceptors (Lipinski definition) is 3. The fraction of sp³-hybridized carbons (Fsp3) is 0.556. The first-order valence-electron chi connectivity index (χ1n) is 4.38. The van der Waals surface area contributed by atoms with Crippen molar-refractivity contribution in [1.82, 2.24) is 4.90 Å². The van der Waals surface area contributed by atoms with E-state index in [2.05, 4.69) is 20.8 Å². The van der Waals surface area contributed by atoms with Crippen molar-refractivity contribution in [1.29, 1.82) is 0 Å². The Hall–Kier alpha value is -0.320. The van der Waals surface area contributed by atoms with Gasteiger partial charge in [0, 0.05) is 13.1 Å².